The lowest BCUT2D eigenvalue weighted by Crippen LogP contribution is -2.50. The third-order valence-electron chi connectivity index (χ3n) is 4.28. The fourth-order valence-corrected chi connectivity index (χ4v) is 2.93. The zero-order valence-electron chi connectivity index (χ0n) is 14.4. The Balaban J connectivity index is 1.96. The average molecular weight is 307 g/mol. The Kier molecular flexibility index (Phi) is 5.16. The van der Waals surface area contributed by atoms with Crippen LogP contribution in [0.2, 0.25) is 0 Å². The van der Waals surface area contributed by atoms with Crippen LogP contribution in [0.5, 0.6) is 0 Å². The van der Waals surface area contributed by atoms with E-state index in [0.717, 1.165) is 25.9 Å². The number of aromatic amines is 1. The maximum Gasteiger partial charge on any atom is 0.410 e. The minimum atomic E-state index is -0.447. The number of carbonyl (C=O) groups excluding carboxylic acids is 1. The van der Waals surface area contributed by atoms with Crippen LogP contribution in [0.25, 0.3) is 0 Å². The molecule has 0 spiro atoms. The van der Waals surface area contributed by atoms with Gasteiger partial charge in [0.15, 0.2) is 0 Å². The number of aromatic nitrogens is 1. The van der Waals surface area contributed by atoms with E-state index in [1.54, 1.807) is 4.90 Å². The fraction of sp³-hybridized carbons (Fsp3) is 0.706. The van der Waals surface area contributed by atoms with E-state index >= 15 is 0 Å². The second kappa shape index (κ2) is 6.73. The van der Waals surface area contributed by atoms with Crippen molar-refractivity contribution in [3.05, 3.63) is 24.0 Å². The van der Waals surface area contributed by atoms with Gasteiger partial charge in [-0.25, -0.2) is 4.79 Å². The van der Waals surface area contributed by atoms with Gasteiger partial charge in [0.1, 0.15) is 5.60 Å². The highest BCUT2D eigenvalue weighted by Gasteiger charge is 2.31. The van der Waals surface area contributed by atoms with Gasteiger partial charge in [0.05, 0.1) is 0 Å². The van der Waals surface area contributed by atoms with Crippen LogP contribution in [0.4, 0.5) is 4.79 Å². The molecule has 0 saturated carbocycles. The lowest BCUT2D eigenvalue weighted by molar-refractivity contribution is 0.0104. The van der Waals surface area contributed by atoms with E-state index in [0.29, 0.717) is 6.04 Å². The van der Waals surface area contributed by atoms with Crippen molar-refractivity contribution < 1.29 is 9.53 Å². The highest BCUT2D eigenvalue weighted by atomic mass is 16.6. The highest BCUT2D eigenvalue weighted by molar-refractivity contribution is 5.68. The summed E-state index contributed by atoms with van der Waals surface area (Å²) in [6, 6.07) is 4.69. The Bertz CT molecular complexity index is 479. The highest BCUT2D eigenvalue weighted by Crippen LogP contribution is 2.25. The van der Waals surface area contributed by atoms with Gasteiger partial charge >= 0.3 is 6.09 Å². The van der Waals surface area contributed by atoms with E-state index in [1.165, 1.54) is 5.69 Å². The topological polar surface area (TPSA) is 48.6 Å². The van der Waals surface area contributed by atoms with Crippen molar-refractivity contribution in [3.8, 4) is 0 Å². The number of hydrogen-bond donors (Lipinski definition) is 1. The number of carbonyl (C=O) groups is 1. The molecule has 0 radical (unpaired) electrons. The molecule has 1 aliphatic heterocycles. The lowest BCUT2D eigenvalue weighted by Gasteiger charge is -2.40. The number of amides is 1. The molecule has 0 aromatic carbocycles. The van der Waals surface area contributed by atoms with E-state index in [2.05, 4.69) is 22.9 Å². The summed E-state index contributed by atoms with van der Waals surface area (Å²) < 4.78 is 5.48. The molecule has 1 N–H and O–H groups in total. The van der Waals surface area contributed by atoms with Gasteiger partial charge in [0, 0.05) is 37.6 Å². The van der Waals surface area contributed by atoms with E-state index in [4.69, 9.17) is 4.74 Å². The van der Waals surface area contributed by atoms with E-state index in [1.807, 2.05) is 40.1 Å². The van der Waals surface area contributed by atoms with Crippen molar-refractivity contribution in [2.45, 2.75) is 58.2 Å². The zero-order valence-corrected chi connectivity index (χ0v) is 14.4. The van der Waals surface area contributed by atoms with Crippen LogP contribution in [0.1, 0.15) is 52.3 Å². The van der Waals surface area contributed by atoms with Crippen molar-refractivity contribution in [2.24, 2.45) is 0 Å². The predicted octanol–water partition coefficient (Wildman–Crippen LogP) is 3.41. The summed E-state index contributed by atoms with van der Waals surface area (Å²) in [5, 5.41) is 0. The third-order valence-corrected chi connectivity index (χ3v) is 4.28. The van der Waals surface area contributed by atoms with Crippen LogP contribution < -0.4 is 0 Å². The monoisotopic (exact) mass is 307 g/mol. The minimum absolute atomic E-state index is 0.209. The molecule has 0 aliphatic carbocycles. The quantitative estimate of drug-likeness (QED) is 0.931. The molecule has 1 aromatic rings. The molecule has 2 heterocycles. The van der Waals surface area contributed by atoms with Gasteiger partial charge in [-0.2, -0.15) is 0 Å². The number of nitrogens with one attached hydrogen (secondary N) is 1. The second-order valence-electron chi connectivity index (χ2n) is 7.18. The molecule has 2 atom stereocenters. The standard InChI is InChI=1S/C17H29N3O2/c1-13(15-9-6-10-18-15)20-11-7-8-14(12-20)19(5)16(21)22-17(2,3)4/h6,9-10,13-14,18H,7-8,11-12H2,1-5H3/t13-,14+/m1/s1. The Hall–Kier alpha value is -1.49. The van der Waals surface area contributed by atoms with Gasteiger partial charge in [-0.1, -0.05) is 0 Å². The van der Waals surface area contributed by atoms with E-state index in [9.17, 15) is 4.79 Å². The predicted molar refractivity (Wildman–Crippen MR) is 87.8 cm³/mol. The van der Waals surface area contributed by atoms with Crippen molar-refractivity contribution in [1.29, 1.82) is 0 Å². The number of piperidine rings is 1. The SMILES string of the molecule is C[C@H](c1ccc[nH]1)N1CCC[C@H](N(C)C(=O)OC(C)(C)C)C1. The first-order valence-corrected chi connectivity index (χ1v) is 8.11. The van der Waals surface area contributed by atoms with Crippen molar-refractivity contribution in [3.63, 3.8) is 0 Å². The van der Waals surface area contributed by atoms with Crippen molar-refractivity contribution in [1.82, 2.24) is 14.8 Å². The van der Waals surface area contributed by atoms with Crippen LogP contribution in [-0.4, -0.2) is 52.7 Å². The first kappa shape index (κ1) is 16.9. The summed E-state index contributed by atoms with van der Waals surface area (Å²) in [4.78, 5) is 19.7. The maximum absolute atomic E-state index is 12.2. The number of H-pyrrole nitrogens is 1. The molecule has 1 aromatic heterocycles. The van der Waals surface area contributed by atoms with E-state index < -0.39 is 5.60 Å². The first-order valence-electron chi connectivity index (χ1n) is 8.11. The number of rotatable bonds is 3. The van der Waals surface area contributed by atoms with Crippen LogP contribution in [0.3, 0.4) is 0 Å². The van der Waals surface area contributed by atoms with Gasteiger partial charge in [-0.15, -0.1) is 0 Å². The smallest absolute Gasteiger partial charge is 0.410 e. The van der Waals surface area contributed by atoms with Crippen LogP contribution in [0.15, 0.2) is 18.3 Å². The lowest BCUT2D eigenvalue weighted by atomic mass is 10.0. The Morgan fingerprint density at radius 3 is 2.82 bits per heavy atom. The normalized spacial score (nSPS) is 21.4. The molecule has 5 heteroatoms. The number of likely N-dealkylation sites (N-methyl/N-ethyl adjacent to an activating group) is 1. The Morgan fingerprint density at radius 1 is 1.50 bits per heavy atom. The first-order chi connectivity index (χ1) is 10.3. The fourth-order valence-electron chi connectivity index (χ4n) is 2.93. The van der Waals surface area contributed by atoms with Gasteiger partial charge in [-0.05, 0) is 59.2 Å². The number of hydrogen-bond acceptors (Lipinski definition) is 3. The molecule has 0 bridgehead atoms. The molecule has 22 heavy (non-hydrogen) atoms. The van der Waals surface area contributed by atoms with Crippen LogP contribution in [-0.2, 0) is 4.74 Å². The van der Waals surface area contributed by atoms with Gasteiger partial charge < -0.3 is 14.6 Å². The molecular weight excluding hydrogens is 278 g/mol. The Morgan fingerprint density at radius 2 is 2.23 bits per heavy atom. The molecule has 2 rings (SSSR count). The number of ether oxygens (including phenoxy) is 1. The second-order valence-corrected chi connectivity index (χ2v) is 7.18. The van der Waals surface area contributed by atoms with E-state index in [-0.39, 0.29) is 12.1 Å². The molecular formula is C17H29N3O2. The largest absolute Gasteiger partial charge is 0.444 e. The molecule has 1 amide bonds. The molecule has 1 saturated heterocycles. The van der Waals surface area contributed by atoms with Gasteiger partial charge in [-0.3, -0.25) is 4.90 Å². The van der Waals surface area contributed by atoms with Crippen molar-refractivity contribution in [2.75, 3.05) is 20.1 Å². The molecule has 1 fully saturated rings. The molecule has 1 aliphatic rings. The summed E-state index contributed by atoms with van der Waals surface area (Å²) in [6.45, 7) is 9.87. The van der Waals surface area contributed by atoms with Crippen LogP contribution >= 0.6 is 0 Å². The molecule has 5 nitrogen and oxygen atoms in total. The molecule has 0 unspecified atom stereocenters. The van der Waals surface area contributed by atoms with Gasteiger partial charge in [0.25, 0.3) is 0 Å². The Labute approximate surface area is 133 Å². The summed E-state index contributed by atoms with van der Waals surface area (Å²) in [7, 11) is 1.85. The van der Waals surface area contributed by atoms with Crippen LogP contribution in [0, 0.1) is 0 Å². The third kappa shape index (κ3) is 4.26. The van der Waals surface area contributed by atoms with Gasteiger partial charge in [0.2, 0.25) is 0 Å². The number of nitrogens with zero attached hydrogens (tertiary/aromatic N) is 2. The summed E-state index contributed by atoms with van der Waals surface area (Å²) in [5.74, 6) is 0. The van der Waals surface area contributed by atoms with Crippen molar-refractivity contribution >= 4 is 6.09 Å². The summed E-state index contributed by atoms with van der Waals surface area (Å²) in [5.41, 5.74) is 0.776. The summed E-state index contributed by atoms with van der Waals surface area (Å²) in [6.07, 6.45) is 3.86. The number of likely N-dealkylation sites (tertiary alicyclic amines) is 1. The zero-order chi connectivity index (χ0) is 16.3. The average Bonchev–Trinajstić information content (AvgIpc) is 2.98. The maximum atomic E-state index is 12.2. The summed E-state index contributed by atoms with van der Waals surface area (Å²) >= 11 is 0. The minimum Gasteiger partial charge on any atom is -0.444 e. The molecule has 124 valence electrons.